The number of benzene rings is 2. The summed E-state index contributed by atoms with van der Waals surface area (Å²) >= 11 is 0. The Hall–Kier alpha value is -2.67. The van der Waals surface area contributed by atoms with Gasteiger partial charge in [-0.15, -0.1) is 0 Å². The van der Waals surface area contributed by atoms with Crippen LogP contribution in [0.5, 0.6) is 0 Å². The van der Waals surface area contributed by atoms with Crippen LogP contribution >= 0.6 is 0 Å². The highest BCUT2D eigenvalue weighted by Gasteiger charge is 2.53. The van der Waals surface area contributed by atoms with Crippen molar-refractivity contribution in [3.8, 4) is 0 Å². The maximum Gasteiger partial charge on any atom is 0.337 e. The molecule has 0 heterocycles. The van der Waals surface area contributed by atoms with Gasteiger partial charge in [-0.2, -0.15) is 0 Å². The van der Waals surface area contributed by atoms with Crippen LogP contribution in [-0.4, -0.2) is 32.2 Å². The summed E-state index contributed by atoms with van der Waals surface area (Å²) in [5.74, 6) is -1.09. The number of esters is 1. The van der Waals surface area contributed by atoms with Crippen molar-refractivity contribution in [1.29, 1.82) is 0 Å². The number of methoxy groups -OCH3 is 1. The van der Waals surface area contributed by atoms with E-state index >= 15 is 0 Å². The molecule has 7 heteroatoms. The third-order valence-corrected chi connectivity index (χ3v) is 8.16. The monoisotopic (exact) mass is 415 g/mol. The fourth-order valence-corrected chi connectivity index (χ4v) is 6.23. The molecule has 0 spiro atoms. The van der Waals surface area contributed by atoms with Gasteiger partial charge >= 0.3 is 5.97 Å². The summed E-state index contributed by atoms with van der Waals surface area (Å²) in [5.41, 5.74) is 2.10. The second-order valence-electron chi connectivity index (χ2n) is 7.50. The molecule has 1 aliphatic carbocycles. The Bertz CT molecular complexity index is 1050. The molecule has 1 saturated carbocycles. The topological polar surface area (TPSA) is 89.5 Å². The predicted molar refractivity (Wildman–Crippen MR) is 111 cm³/mol. The van der Waals surface area contributed by atoms with Gasteiger partial charge in [0.1, 0.15) is 0 Å². The van der Waals surface area contributed by atoms with Crippen LogP contribution in [0.25, 0.3) is 0 Å². The number of ether oxygens (including phenoxy) is 1. The van der Waals surface area contributed by atoms with Crippen LogP contribution in [0.3, 0.4) is 0 Å². The third kappa shape index (κ3) is 3.79. The molecule has 1 amide bonds. The van der Waals surface area contributed by atoms with Gasteiger partial charge in [0.05, 0.1) is 17.6 Å². The summed E-state index contributed by atoms with van der Waals surface area (Å²) in [6.45, 7) is 3.57. The second-order valence-corrected chi connectivity index (χ2v) is 9.73. The normalized spacial score (nSPS) is 15.7. The molecular weight excluding hydrogens is 390 g/mol. The summed E-state index contributed by atoms with van der Waals surface area (Å²) in [5, 5.41) is 2.73. The van der Waals surface area contributed by atoms with Crippen molar-refractivity contribution >= 4 is 27.4 Å². The highest BCUT2D eigenvalue weighted by molar-refractivity contribution is 7.93. The molecule has 1 aliphatic rings. The van der Waals surface area contributed by atoms with Crippen molar-refractivity contribution < 1.29 is 22.7 Å². The average molecular weight is 416 g/mol. The zero-order chi connectivity index (χ0) is 21.2. The summed E-state index contributed by atoms with van der Waals surface area (Å²) in [4.78, 5) is 25.3. The Balaban J connectivity index is 2.00. The number of sulfone groups is 1. The Labute approximate surface area is 171 Å². The highest BCUT2D eigenvalue weighted by atomic mass is 32.2. The minimum absolute atomic E-state index is 0.206. The van der Waals surface area contributed by atoms with E-state index in [0.29, 0.717) is 24.1 Å². The molecule has 2 aromatic rings. The van der Waals surface area contributed by atoms with Gasteiger partial charge in [0.15, 0.2) is 14.6 Å². The van der Waals surface area contributed by atoms with Gasteiger partial charge in [-0.3, -0.25) is 4.79 Å². The van der Waals surface area contributed by atoms with Gasteiger partial charge in [0.2, 0.25) is 5.91 Å². The standard InChI is InChI=1S/C22H25NO5S/c1-15-9-10-16(2)19(13-15)29(26,27)22(11-4-5-12-22)21(25)23-18-8-6-7-17(14-18)20(24)28-3/h6-10,13-14H,4-5,11-12H2,1-3H3,(H,23,25). The van der Waals surface area contributed by atoms with Crippen molar-refractivity contribution in [3.63, 3.8) is 0 Å². The van der Waals surface area contributed by atoms with Gasteiger partial charge in [-0.1, -0.05) is 31.0 Å². The molecule has 6 nitrogen and oxygen atoms in total. The molecule has 29 heavy (non-hydrogen) atoms. The molecule has 2 aromatic carbocycles. The van der Waals surface area contributed by atoms with E-state index in [1.807, 2.05) is 13.0 Å². The minimum atomic E-state index is -3.91. The van der Waals surface area contributed by atoms with Crippen LogP contribution in [0.1, 0.15) is 47.2 Å². The first-order valence-electron chi connectivity index (χ1n) is 9.53. The fraction of sp³-hybridized carbons (Fsp3) is 0.364. The maximum absolute atomic E-state index is 13.6. The lowest BCUT2D eigenvalue weighted by atomic mass is 10.1. The molecule has 1 fully saturated rings. The van der Waals surface area contributed by atoms with E-state index in [2.05, 4.69) is 5.32 Å². The Kier molecular flexibility index (Phi) is 5.80. The number of nitrogens with one attached hydrogen (secondary N) is 1. The van der Waals surface area contributed by atoms with Crippen molar-refractivity contribution in [3.05, 3.63) is 59.2 Å². The number of hydrogen-bond acceptors (Lipinski definition) is 5. The van der Waals surface area contributed by atoms with Crippen LogP contribution in [0.2, 0.25) is 0 Å². The summed E-state index contributed by atoms with van der Waals surface area (Å²) in [6.07, 6.45) is 1.87. The zero-order valence-corrected chi connectivity index (χ0v) is 17.6. The van der Waals surface area contributed by atoms with Gasteiger partial charge in [0.25, 0.3) is 0 Å². The van der Waals surface area contributed by atoms with Gasteiger partial charge in [0, 0.05) is 5.69 Å². The zero-order valence-electron chi connectivity index (χ0n) is 16.8. The first-order chi connectivity index (χ1) is 13.7. The van der Waals surface area contributed by atoms with E-state index in [0.717, 1.165) is 5.56 Å². The predicted octanol–water partition coefficient (Wildman–Crippen LogP) is 3.82. The maximum atomic E-state index is 13.6. The van der Waals surface area contributed by atoms with Gasteiger partial charge in [-0.25, -0.2) is 13.2 Å². The van der Waals surface area contributed by atoms with E-state index in [-0.39, 0.29) is 23.3 Å². The van der Waals surface area contributed by atoms with E-state index in [9.17, 15) is 18.0 Å². The SMILES string of the molecule is COC(=O)c1cccc(NC(=O)C2(S(=O)(=O)c3cc(C)ccc3C)CCCC2)c1. The lowest BCUT2D eigenvalue weighted by molar-refractivity contribution is -0.118. The van der Waals surface area contributed by atoms with Crippen LogP contribution in [0.4, 0.5) is 5.69 Å². The second kappa shape index (κ2) is 7.99. The third-order valence-electron chi connectivity index (χ3n) is 5.51. The molecule has 0 unspecified atom stereocenters. The van der Waals surface area contributed by atoms with Crippen molar-refractivity contribution in [2.75, 3.05) is 12.4 Å². The number of hydrogen-bond donors (Lipinski definition) is 1. The number of carbonyl (C=O) groups excluding carboxylic acids is 2. The fourth-order valence-electron chi connectivity index (χ4n) is 3.86. The molecule has 154 valence electrons. The molecule has 1 N–H and O–H groups in total. The number of aryl methyl sites for hydroxylation is 2. The lowest BCUT2D eigenvalue weighted by Crippen LogP contribution is -2.47. The minimum Gasteiger partial charge on any atom is -0.465 e. The molecule has 3 rings (SSSR count). The molecule has 0 bridgehead atoms. The lowest BCUT2D eigenvalue weighted by Gasteiger charge is -2.28. The Morgan fingerprint density at radius 1 is 1.03 bits per heavy atom. The van der Waals surface area contributed by atoms with Crippen LogP contribution in [0, 0.1) is 13.8 Å². The number of amides is 1. The van der Waals surface area contributed by atoms with Gasteiger partial charge < -0.3 is 10.1 Å². The van der Waals surface area contributed by atoms with E-state index < -0.39 is 26.5 Å². The summed E-state index contributed by atoms with van der Waals surface area (Å²) < 4.78 is 30.5. The highest BCUT2D eigenvalue weighted by Crippen LogP contribution is 2.42. The van der Waals surface area contributed by atoms with Gasteiger partial charge in [-0.05, 0) is 62.1 Å². The van der Waals surface area contributed by atoms with Crippen LogP contribution < -0.4 is 5.32 Å². The van der Waals surface area contributed by atoms with Crippen LogP contribution in [-0.2, 0) is 19.4 Å². The van der Waals surface area contributed by atoms with Crippen molar-refractivity contribution in [2.45, 2.75) is 49.2 Å². The van der Waals surface area contributed by atoms with Crippen molar-refractivity contribution in [2.24, 2.45) is 0 Å². The van der Waals surface area contributed by atoms with Crippen molar-refractivity contribution in [1.82, 2.24) is 0 Å². The summed E-state index contributed by atoms with van der Waals surface area (Å²) in [6, 6.07) is 11.5. The Morgan fingerprint density at radius 2 is 1.72 bits per heavy atom. The smallest absolute Gasteiger partial charge is 0.337 e. The van der Waals surface area contributed by atoms with Crippen LogP contribution in [0.15, 0.2) is 47.4 Å². The Morgan fingerprint density at radius 3 is 2.38 bits per heavy atom. The number of anilines is 1. The molecule has 0 radical (unpaired) electrons. The number of carbonyl (C=O) groups is 2. The van der Waals surface area contributed by atoms with E-state index in [1.165, 1.54) is 13.2 Å². The van der Waals surface area contributed by atoms with E-state index in [1.54, 1.807) is 37.3 Å². The molecule has 0 aromatic heterocycles. The molecule has 0 saturated heterocycles. The molecule has 0 aliphatic heterocycles. The summed E-state index contributed by atoms with van der Waals surface area (Å²) in [7, 11) is -2.63. The first kappa shape index (κ1) is 21.0. The number of rotatable bonds is 5. The first-order valence-corrected chi connectivity index (χ1v) is 11.0. The van der Waals surface area contributed by atoms with E-state index in [4.69, 9.17) is 4.74 Å². The average Bonchev–Trinajstić information content (AvgIpc) is 3.21. The molecular formula is C22H25NO5S. The largest absolute Gasteiger partial charge is 0.465 e. The molecule has 0 atom stereocenters. The quantitative estimate of drug-likeness (QED) is 0.750.